The highest BCUT2D eigenvalue weighted by Crippen LogP contribution is 2.19. The molecule has 0 aliphatic carbocycles. The molecule has 0 aliphatic heterocycles. The lowest BCUT2D eigenvalue weighted by molar-refractivity contribution is -0.126. The summed E-state index contributed by atoms with van der Waals surface area (Å²) < 4.78 is 0. The van der Waals surface area contributed by atoms with Crippen molar-refractivity contribution < 1.29 is 9.59 Å². The highest BCUT2D eigenvalue weighted by Gasteiger charge is 2.30. The lowest BCUT2D eigenvalue weighted by Gasteiger charge is -2.31. The first-order chi connectivity index (χ1) is 8.58. The first-order valence-corrected chi connectivity index (χ1v) is 7.13. The maximum atomic E-state index is 12.3. The normalized spacial score (nSPS) is 16.6. The number of nitrogens with one attached hydrogen (secondary N) is 2. The van der Waals surface area contributed by atoms with E-state index in [4.69, 9.17) is 0 Å². The summed E-state index contributed by atoms with van der Waals surface area (Å²) in [6.07, 6.45) is 1.02. The van der Waals surface area contributed by atoms with Gasteiger partial charge in [-0.15, -0.1) is 0 Å². The van der Waals surface area contributed by atoms with Crippen LogP contribution in [0.5, 0.6) is 0 Å². The number of carbonyl (C=O) groups excluding carboxylic acids is 2. The van der Waals surface area contributed by atoms with E-state index < -0.39 is 0 Å². The minimum atomic E-state index is -0.321. The molecule has 4 nitrogen and oxygen atoms in total. The second kappa shape index (κ2) is 7.63. The van der Waals surface area contributed by atoms with E-state index in [2.05, 4.69) is 31.4 Å². The van der Waals surface area contributed by atoms with Gasteiger partial charge in [-0.1, -0.05) is 27.2 Å². The highest BCUT2D eigenvalue weighted by molar-refractivity contribution is 5.84. The number of hydrogen-bond donors (Lipinski definition) is 2. The molecule has 4 heteroatoms. The van der Waals surface area contributed by atoms with Gasteiger partial charge >= 0.3 is 0 Å². The molecule has 112 valence electrons. The fourth-order valence-electron chi connectivity index (χ4n) is 1.92. The van der Waals surface area contributed by atoms with Crippen molar-refractivity contribution in [2.24, 2.45) is 11.8 Å². The molecule has 0 bridgehead atoms. The third-order valence-electron chi connectivity index (χ3n) is 3.42. The van der Waals surface area contributed by atoms with E-state index in [9.17, 15) is 9.59 Å². The predicted octanol–water partition coefficient (Wildman–Crippen LogP) is 2.13. The number of ketones is 1. The van der Waals surface area contributed by atoms with Crippen molar-refractivity contribution in [2.45, 2.75) is 66.5 Å². The van der Waals surface area contributed by atoms with Crippen molar-refractivity contribution in [3.05, 3.63) is 0 Å². The zero-order chi connectivity index (χ0) is 15.2. The Hall–Kier alpha value is -0.900. The van der Waals surface area contributed by atoms with E-state index in [-0.39, 0.29) is 35.7 Å². The first kappa shape index (κ1) is 18.1. The number of amides is 1. The van der Waals surface area contributed by atoms with Crippen LogP contribution in [0.15, 0.2) is 0 Å². The van der Waals surface area contributed by atoms with Gasteiger partial charge in [0.2, 0.25) is 5.91 Å². The summed E-state index contributed by atoms with van der Waals surface area (Å²) in [5.41, 5.74) is -0.261. The molecule has 0 radical (unpaired) electrons. The predicted molar refractivity (Wildman–Crippen MR) is 79.0 cm³/mol. The lowest BCUT2D eigenvalue weighted by atomic mass is 9.86. The Morgan fingerprint density at radius 2 is 1.68 bits per heavy atom. The zero-order valence-corrected chi connectivity index (χ0v) is 13.5. The van der Waals surface area contributed by atoms with Gasteiger partial charge in [0, 0.05) is 5.54 Å². The first-order valence-electron chi connectivity index (χ1n) is 7.13. The van der Waals surface area contributed by atoms with Crippen LogP contribution in [0.4, 0.5) is 0 Å². The Balaban J connectivity index is 4.84. The molecule has 0 spiro atoms. The maximum absolute atomic E-state index is 12.3. The lowest BCUT2D eigenvalue weighted by Crippen LogP contribution is -2.54. The SMILES string of the molecule is CC[C@@H](C)C(C)[C@@H](NCC(C)=O)C(=O)NC(C)(C)C. The van der Waals surface area contributed by atoms with E-state index in [0.717, 1.165) is 6.42 Å². The van der Waals surface area contributed by atoms with Gasteiger partial charge in [0.15, 0.2) is 0 Å². The summed E-state index contributed by atoms with van der Waals surface area (Å²) in [6.45, 7) is 14.0. The van der Waals surface area contributed by atoms with Crippen LogP contribution in [0.2, 0.25) is 0 Å². The Labute approximate surface area is 117 Å². The van der Waals surface area contributed by atoms with Gasteiger partial charge in [-0.05, 0) is 39.5 Å². The molecule has 0 heterocycles. The van der Waals surface area contributed by atoms with Gasteiger partial charge in [0.05, 0.1) is 12.6 Å². The highest BCUT2D eigenvalue weighted by atomic mass is 16.2. The second-order valence-corrected chi connectivity index (χ2v) is 6.54. The summed E-state index contributed by atoms with van der Waals surface area (Å²) in [5.74, 6) is 0.633. The van der Waals surface area contributed by atoms with E-state index in [0.29, 0.717) is 5.92 Å². The van der Waals surface area contributed by atoms with Crippen molar-refractivity contribution in [3.63, 3.8) is 0 Å². The van der Waals surface area contributed by atoms with E-state index >= 15 is 0 Å². The topological polar surface area (TPSA) is 58.2 Å². The molecule has 2 N–H and O–H groups in total. The van der Waals surface area contributed by atoms with Crippen molar-refractivity contribution in [3.8, 4) is 0 Å². The molecule has 0 aromatic rings. The molecule has 3 atom stereocenters. The number of Topliss-reactive ketones (excluding diaryl/α,β-unsaturated/α-hetero) is 1. The monoisotopic (exact) mass is 270 g/mol. The van der Waals surface area contributed by atoms with Crippen molar-refractivity contribution in [1.82, 2.24) is 10.6 Å². The Morgan fingerprint density at radius 3 is 2.05 bits per heavy atom. The third kappa shape index (κ3) is 7.31. The van der Waals surface area contributed by atoms with Gasteiger partial charge in [-0.2, -0.15) is 0 Å². The largest absolute Gasteiger partial charge is 0.350 e. The molecular weight excluding hydrogens is 240 g/mol. The molecule has 1 amide bonds. The van der Waals surface area contributed by atoms with Crippen LogP contribution < -0.4 is 10.6 Å². The van der Waals surface area contributed by atoms with Gasteiger partial charge in [0.25, 0.3) is 0 Å². The summed E-state index contributed by atoms with van der Waals surface area (Å²) in [5, 5.41) is 6.09. The minimum absolute atomic E-state index is 0.0263. The van der Waals surface area contributed by atoms with Crippen molar-refractivity contribution >= 4 is 11.7 Å². The van der Waals surface area contributed by atoms with Crippen LogP contribution >= 0.6 is 0 Å². The average Bonchev–Trinajstić information content (AvgIpc) is 2.24. The summed E-state index contributed by atoms with van der Waals surface area (Å²) in [7, 11) is 0. The fraction of sp³-hybridized carbons (Fsp3) is 0.867. The van der Waals surface area contributed by atoms with Crippen LogP contribution in [0.25, 0.3) is 0 Å². The smallest absolute Gasteiger partial charge is 0.237 e. The molecule has 0 saturated carbocycles. The number of carbonyl (C=O) groups is 2. The summed E-state index contributed by atoms with van der Waals surface area (Å²) in [6, 6.07) is -0.321. The Morgan fingerprint density at radius 1 is 1.16 bits per heavy atom. The molecule has 0 aromatic heterocycles. The molecular formula is C15H30N2O2. The van der Waals surface area contributed by atoms with E-state index in [1.165, 1.54) is 6.92 Å². The third-order valence-corrected chi connectivity index (χ3v) is 3.42. The van der Waals surface area contributed by atoms with Crippen LogP contribution in [0.3, 0.4) is 0 Å². The Kier molecular flexibility index (Phi) is 7.27. The van der Waals surface area contributed by atoms with Crippen LogP contribution in [0.1, 0.15) is 54.9 Å². The van der Waals surface area contributed by atoms with Crippen molar-refractivity contribution in [1.29, 1.82) is 0 Å². The summed E-state index contributed by atoms with van der Waals surface area (Å²) >= 11 is 0. The number of rotatable bonds is 7. The maximum Gasteiger partial charge on any atom is 0.237 e. The fourth-order valence-corrected chi connectivity index (χ4v) is 1.92. The molecule has 0 rings (SSSR count). The second-order valence-electron chi connectivity index (χ2n) is 6.54. The molecule has 19 heavy (non-hydrogen) atoms. The Bertz CT molecular complexity index is 308. The zero-order valence-electron chi connectivity index (χ0n) is 13.5. The van der Waals surface area contributed by atoms with Gasteiger partial charge < -0.3 is 5.32 Å². The van der Waals surface area contributed by atoms with Crippen molar-refractivity contribution in [2.75, 3.05) is 6.54 Å². The molecule has 1 unspecified atom stereocenters. The van der Waals surface area contributed by atoms with Gasteiger partial charge in [-0.25, -0.2) is 0 Å². The quantitative estimate of drug-likeness (QED) is 0.745. The van der Waals surface area contributed by atoms with Gasteiger partial charge in [-0.3, -0.25) is 14.9 Å². The van der Waals surface area contributed by atoms with Crippen LogP contribution in [-0.4, -0.2) is 29.8 Å². The molecule has 0 aliphatic rings. The van der Waals surface area contributed by atoms with E-state index in [1.54, 1.807) is 0 Å². The van der Waals surface area contributed by atoms with Crippen LogP contribution in [-0.2, 0) is 9.59 Å². The standard InChI is InChI=1S/C15H30N2O2/c1-8-10(2)12(4)13(16-9-11(3)18)14(19)17-15(5,6)7/h10,12-13,16H,8-9H2,1-7H3,(H,17,19)/t10-,12?,13-/m1/s1. The van der Waals surface area contributed by atoms with Crippen LogP contribution in [0, 0.1) is 11.8 Å². The average molecular weight is 270 g/mol. The number of hydrogen-bond acceptors (Lipinski definition) is 3. The summed E-state index contributed by atoms with van der Waals surface area (Å²) in [4.78, 5) is 23.5. The van der Waals surface area contributed by atoms with E-state index in [1.807, 2.05) is 20.8 Å². The minimum Gasteiger partial charge on any atom is -0.350 e. The molecule has 0 saturated heterocycles. The molecule has 0 fully saturated rings. The van der Waals surface area contributed by atoms with Gasteiger partial charge in [0.1, 0.15) is 5.78 Å². The molecule has 0 aromatic carbocycles.